The minimum atomic E-state index is -0.956. The molecule has 0 unspecified atom stereocenters. The number of hydrogen-bond donors (Lipinski definition) is 1. The first-order valence-electron chi connectivity index (χ1n) is 5.86. The smallest absolute Gasteiger partial charge is 0.347 e. The molecule has 2 heterocycles. The molecule has 1 aromatic carbocycles. The Balaban J connectivity index is 2.08. The minimum absolute atomic E-state index is 0.256. The van der Waals surface area contributed by atoms with Crippen molar-refractivity contribution in [2.24, 2.45) is 0 Å². The van der Waals surface area contributed by atoms with Gasteiger partial charge in [-0.15, -0.1) is 11.3 Å². The number of nitrogens with zero attached hydrogens (tertiary/aromatic N) is 1. The van der Waals surface area contributed by atoms with Gasteiger partial charge in [0.1, 0.15) is 23.1 Å². The molecule has 1 aromatic heterocycles. The largest absolute Gasteiger partial charge is 0.486 e. The van der Waals surface area contributed by atoms with Crippen molar-refractivity contribution in [3.05, 3.63) is 27.2 Å². The summed E-state index contributed by atoms with van der Waals surface area (Å²) in [6, 6.07) is 3.68. The number of carbonyl (C=O) groups is 1. The molecule has 0 spiro atoms. The Morgan fingerprint density at radius 1 is 1.40 bits per heavy atom. The van der Waals surface area contributed by atoms with E-state index >= 15 is 0 Å². The predicted octanol–water partition coefficient (Wildman–Crippen LogP) is 3.35. The Labute approximate surface area is 127 Å². The molecule has 2 aromatic rings. The van der Waals surface area contributed by atoms with E-state index in [1.165, 1.54) is 0 Å². The van der Waals surface area contributed by atoms with E-state index in [4.69, 9.17) is 14.6 Å². The van der Waals surface area contributed by atoms with Crippen molar-refractivity contribution in [2.75, 3.05) is 13.2 Å². The lowest BCUT2D eigenvalue weighted by atomic mass is 10.2. The molecule has 5 nitrogen and oxygen atoms in total. The molecular weight excluding hydrogens is 346 g/mol. The molecule has 0 amide bonds. The molecule has 1 aliphatic rings. The number of carboxylic acid groups (broad SMARTS) is 1. The second-order valence-corrected chi connectivity index (χ2v) is 6.07. The van der Waals surface area contributed by atoms with E-state index in [1.54, 1.807) is 6.92 Å². The van der Waals surface area contributed by atoms with Crippen LogP contribution >= 0.6 is 27.3 Å². The quantitative estimate of drug-likeness (QED) is 0.894. The van der Waals surface area contributed by atoms with Crippen LogP contribution in [0.3, 0.4) is 0 Å². The lowest BCUT2D eigenvalue weighted by Gasteiger charge is -2.20. The highest BCUT2D eigenvalue weighted by atomic mass is 79.9. The standard InChI is InChI=1S/C13H10BrNO4S/c1-6-11(13(16)17)20-12(15-6)7-4-8(14)10-9(5-7)18-2-3-19-10/h4-5H,2-3H2,1H3,(H,16,17). The Kier molecular flexibility index (Phi) is 3.39. The van der Waals surface area contributed by atoms with E-state index in [-0.39, 0.29) is 4.88 Å². The van der Waals surface area contributed by atoms with Crippen LogP contribution in [-0.2, 0) is 0 Å². The first kappa shape index (κ1) is 13.4. The number of aromatic nitrogens is 1. The third-order valence-electron chi connectivity index (χ3n) is 2.83. The van der Waals surface area contributed by atoms with E-state index in [1.807, 2.05) is 12.1 Å². The molecular formula is C13H10BrNO4S. The molecule has 104 valence electrons. The number of ether oxygens (including phenoxy) is 2. The maximum Gasteiger partial charge on any atom is 0.347 e. The summed E-state index contributed by atoms with van der Waals surface area (Å²) < 4.78 is 11.9. The summed E-state index contributed by atoms with van der Waals surface area (Å²) in [5.41, 5.74) is 1.32. The number of hydrogen-bond acceptors (Lipinski definition) is 5. The van der Waals surface area contributed by atoms with Gasteiger partial charge in [-0.25, -0.2) is 9.78 Å². The maximum atomic E-state index is 11.1. The van der Waals surface area contributed by atoms with Crippen LogP contribution in [0.25, 0.3) is 10.6 Å². The Bertz CT molecular complexity index is 698. The highest BCUT2D eigenvalue weighted by Crippen LogP contribution is 2.42. The average Bonchev–Trinajstić information content (AvgIpc) is 2.81. The minimum Gasteiger partial charge on any atom is -0.486 e. The summed E-state index contributed by atoms with van der Waals surface area (Å²) in [6.07, 6.45) is 0. The summed E-state index contributed by atoms with van der Waals surface area (Å²) in [5.74, 6) is 0.361. The third kappa shape index (κ3) is 2.27. The zero-order valence-corrected chi connectivity index (χ0v) is 12.9. The van der Waals surface area contributed by atoms with Gasteiger partial charge >= 0.3 is 5.97 Å². The van der Waals surface area contributed by atoms with Gasteiger partial charge in [-0.05, 0) is 35.0 Å². The van der Waals surface area contributed by atoms with Gasteiger partial charge in [0.15, 0.2) is 11.5 Å². The SMILES string of the molecule is Cc1nc(-c2cc(Br)c3c(c2)OCCO3)sc1C(=O)O. The van der Waals surface area contributed by atoms with Gasteiger partial charge in [-0.2, -0.15) is 0 Å². The topological polar surface area (TPSA) is 68.7 Å². The van der Waals surface area contributed by atoms with Gasteiger partial charge < -0.3 is 14.6 Å². The van der Waals surface area contributed by atoms with Gasteiger partial charge in [-0.1, -0.05) is 0 Å². The van der Waals surface area contributed by atoms with E-state index < -0.39 is 5.97 Å². The first-order chi connectivity index (χ1) is 9.56. The van der Waals surface area contributed by atoms with Gasteiger partial charge in [0.25, 0.3) is 0 Å². The number of rotatable bonds is 2. The van der Waals surface area contributed by atoms with Crippen LogP contribution in [0.5, 0.6) is 11.5 Å². The molecule has 3 rings (SSSR count). The van der Waals surface area contributed by atoms with Crippen molar-refractivity contribution in [1.29, 1.82) is 0 Å². The highest BCUT2D eigenvalue weighted by Gasteiger charge is 2.20. The molecule has 0 bridgehead atoms. The lowest BCUT2D eigenvalue weighted by molar-refractivity contribution is 0.0701. The molecule has 1 aliphatic heterocycles. The zero-order chi connectivity index (χ0) is 14.3. The van der Waals surface area contributed by atoms with Crippen LogP contribution in [0.2, 0.25) is 0 Å². The van der Waals surface area contributed by atoms with E-state index in [9.17, 15) is 4.79 Å². The summed E-state index contributed by atoms with van der Waals surface area (Å²) in [6.45, 7) is 2.71. The second kappa shape index (κ2) is 5.06. The van der Waals surface area contributed by atoms with Crippen molar-refractivity contribution in [2.45, 2.75) is 6.92 Å². The molecule has 0 fully saturated rings. The van der Waals surface area contributed by atoms with Gasteiger partial charge in [0, 0.05) is 5.56 Å². The van der Waals surface area contributed by atoms with Crippen molar-refractivity contribution >= 4 is 33.2 Å². The van der Waals surface area contributed by atoms with Crippen molar-refractivity contribution in [3.63, 3.8) is 0 Å². The van der Waals surface area contributed by atoms with E-state index in [0.29, 0.717) is 35.4 Å². The molecule has 0 saturated carbocycles. The molecule has 0 saturated heterocycles. The van der Waals surface area contributed by atoms with Crippen LogP contribution in [0.4, 0.5) is 0 Å². The molecule has 0 aliphatic carbocycles. The molecule has 1 N–H and O–H groups in total. The number of carboxylic acids is 1. The fraction of sp³-hybridized carbons (Fsp3) is 0.231. The van der Waals surface area contributed by atoms with Gasteiger partial charge in [-0.3, -0.25) is 0 Å². The summed E-state index contributed by atoms with van der Waals surface area (Å²) in [5, 5.41) is 9.74. The Morgan fingerprint density at radius 3 is 2.85 bits per heavy atom. The number of benzene rings is 1. The summed E-state index contributed by atoms with van der Waals surface area (Å²) in [7, 11) is 0. The zero-order valence-electron chi connectivity index (χ0n) is 10.5. The fourth-order valence-electron chi connectivity index (χ4n) is 1.95. The maximum absolute atomic E-state index is 11.1. The summed E-state index contributed by atoms with van der Waals surface area (Å²) in [4.78, 5) is 15.7. The number of fused-ring (bicyclic) bond motifs is 1. The highest BCUT2D eigenvalue weighted by molar-refractivity contribution is 9.10. The van der Waals surface area contributed by atoms with Crippen molar-refractivity contribution < 1.29 is 19.4 Å². The first-order valence-corrected chi connectivity index (χ1v) is 7.47. The van der Waals surface area contributed by atoms with E-state index in [2.05, 4.69) is 20.9 Å². The molecule has 0 radical (unpaired) electrons. The summed E-state index contributed by atoms with van der Waals surface area (Å²) >= 11 is 4.59. The van der Waals surface area contributed by atoms with Gasteiger partial charge in [0.05, 0.1) is 10.2 Å². The number of thiazole rings is 1. The van der Waals surface area contributed by atoms with Crippen LogP contribution in [0, 0.1) is 6.92 Å². The third-order valence-corrected chi connectivity index (χ3v) is 4.62. The Hall–Kier alpha value is -1.60. The average molecular weight is 356 g/mol. The monoisotopic (exact) mass is 355 g/mol. The fourth-order valence-corrected chi connectivity index (χ4v) is 3.40. The van der Waals surface area contributed by atoms with Gasteiger partial charge in [0.2, 0.25) is 0 Å². The predicted molar refractivity (Wildman–Crippen MR) is 77.9 cm³/mol. The molecule has 20 heavy (non-hydrogen) atoms. The lowest BCUT2D eigenvalue weighted by Crippen LogP contribution is -2.15. The number of aryl methyl sites for hydroxylation is 1. The normalized spacial score (nSPS) is 13.3. The number of aromatic carboxylic acids is 1. The van der Waals surface area contributed by atoms with Crippen LogP contribution in [0.15, 0.2) is 16.6 Å². The second-order valence-electron chi connectivity index (χ2n) is 4.22. The molecule has 0 atom stereocenters. The molecule has 7 heteroatoms. The van der Waals surface area contributed by atoms with Crippen LogP contribution in [0.1, 0.15) is 15.4 Å². The van der Waals surface area contributed by atoms with Crippen molar-refractivity contribution in [3.8, 4) is 22.1 Å². The van der Waals surface area contributed by atoms with Crippen LogP contribution < -0.4 is 9.47 Å². The van der Waals surface area contributed by atoms with Crippen LogP contribution in [-0.4, -0.2) is 29.3 Å². The van der Waals surface area contributed by atoms with E-state index in [0.717, 1.165) is 21.4 Å². The number of halogens is 1. The van der Waals surface area contributed by atoms with Crippen molar-refractivity contribution in [1.82, 2.24) is 4.98 Å². The Morgan fingerprint density at radius 2 is 2.15 bits per heavy atom.